The largest absolute Gasteiger partial charge is 0.344 e. The second-order valence-electron chi connectivity index (χ2n) is 3.40. The minimum Gasteiger partial charge on any atom is -0.344 e. The molecule has 0 saturated carbocycles. The smallest absolute Gasteiger partial charge is 0.247 e. The molecule has 92 valence electrons. The number of hydrogen-bond acceptors (Lipinski definition) is 3. The zero-order valence-corrected chi connectivity index (χ0v) is 12.3. The summed E-state index contributed by atoms with van der Waals surface area (Å²) in [5.74, 6) is -0.254. The lowest BCUT2D eigenvalue weighted by Crippen LogP contribution is -2.44. The van der Waals surface area contributed by atoms with Crippen molar-refractivity contribution in [2.24, 2.45) is 0 Å². The van der Waals surface area contributed by atoms with Gasteiger partial charge < -0.3 is 10.6 Å². The monoisotopic (exact) mass is 364 g/mol. The van der Waals surface area contributed by atoms with Gasteiger partial charge in [-0.2, -0.15) is 12.6 Å². The van der Waals surface area contributed by atoms with E-state index in [0.717, 1.165) is 9.26 Å². The third-order valence-corrected chi connectivity index (χ3v) is 3.31. The lowest BCUT2D eigenvalue weighted by atomic mass is 10.2. The van der Waals surface area contributed by atoms with Gasteiger partial charge in [-0.05, 0) is 34.7 Å². The zero-order valence-electron chi connectivity index (χ0n) is 9.24. The van der Waals surface area contributed by atoms with Crippen LogP contribution in [0.1, 0.15) is 6.92 Å². The van der Waals surface area contributed by atoms with Gasteiger partial charge in [0.05, 0.1) is 5.69 Å². The molecule has 0 saturated heterocycles. The lowest BCUT2D eigenvalue weighted by molar-refractivity contribution is -0.124. The Kier molecular flexibility index (Phi) is 5.76. The molecule has 0 aliphatic carbocycles. The summed E-state index contributed by atoms with van der Waals surface area (Å²) in [5.41, 5.74) is 0.732. The molecule has 17 heavy (non-hydrogen) atoms. The maximum absolute atomic E-state index is 11.9. The molecule has 0 spiro atoms. The Morgan fingerprint density at radius 3 is 2.59 bits per heavy atom. The number of nitrogens with one attached hydrogen (secondary N) is 2. The Labute approximate surface area is 119 Å². The number of carbonyl (C=O) groups excluding carboxylic acids is 2. The average molecular weight is 364 g/mol. The van der Waals surface area contributed by atoms with E-state index in [4.69, 9.17) is 0 Å². The maximum Gasteiger partial charge on any atom is 0.247 e. The lowest BCUT2D eigenvalue weighted by Gasteiger charge is -2.15. The topological polar surface area (TPSA) is 58.2 Å². The number of rotatable bonds is 4. The predicted octanol–water partition coefficient (Wildman–Crippen LogP) is 1.66. The molecule has 0 aliphatic heterocycles. The van der Waals surface area contributed by atoms with Crippen LogP contribution in [0.15, 0.2) is 24.3 Å². The van der Waals surface area contributed by atoms with Gasteiger partial charge in [0.1, 0.15) is 6.04 Å². The third kappa shape index (κ3) is 4.55. The van der Waals surface area contributed by atoms with Crippen molar-refractivity contribution < 1.29 is 9.59 Å². The molecular formula is C11H13IN2O2S. The highest BCUT2D eigenvalue weighted by molar-refractivity contribution is 14.1. The summed E-state index contributed by atoms with van der Waals surface area (Å²) in [4.78, 5) is 22.8. The molecule has 1 aromatic rings. The molecule has 1 rings (SSSR count). The van der Waals surface area contributed by atoms with Gasteiger partial charge in [-0.25, -0.2) is 0 Å². The molecule has 4 nitrogen and oxygen atoms in total. The van der Waals surface area contributed by atoms with Crippen molar-refractivity contribution in [1.82, 2.24) is 5.32 Å². The number of hydrogen-bond donors (Lipinski definition) is 3. The van der Waals surface area contributed by atoms with E-state index in [1.165, 1.54) is 6.92 Å². The normalized spacial score (nSPS) is 11.7. The molecular weight excluding hydrogens is 351 g/mol. The zero-order chi connectivity index (χ0) is 12.8. The second-order valence-corrected chi connectivity index (χ2v) is 4.93. The second kappa shape index (κ2) is 6.85. The highest BCUT2D eigenvalue weighted by Gasteiger charge is 2.18. The first-order valence-electron chi connectivity index (χ1n) is 4.98. The summed E-state index contributed by atoms with van der Waals surface area (Å²) < 4.78 is 0.944. The standard InChI is InChI=1S/C11H13IN2O2S/c1-7(15)13-10(6-17)11(16)14-9-5-3-2-4-8(9)12/h2-5,10,17H,6H2,1H3,(H,13,15)(H,14,16). The van der Waals surface area contributed by atoms with Crippen LogP contribution < -0.4 is 10.6 Å². The fraction of sp³-hybridized carbons (Fsp3) is 0.273. The van der Waals surface area contributed by atoms with Crippen molar-refractivity contribution in [1.29, 1.82) is 0 Å². The molecule has 0 radical (unpaired) electrons. The molecule has 1 unspecified atom stereocenters. The van der Waals surface area contributed by atoms with Crippen molar-refractivity contribution in [2.75, 3.05) is 11.1 Å². The number of carbonyl (C=O) groups is 2. The summed E-state index contributed by atoms with van der Waals surface area (Å²) in [6.07, 6.45) is 0. The van der Waals surface area contributed by atoms with E-state index in [-0.39, 0.29) is 17.6 Å². The molecule has 0 fully saturated rings. The Bertz CT molecular complexity index is 426. The van der Waals surface area contributed by atoms with E-state index in [2.05, 4.69) is 45.9 Å². The molecule has 0 heterocycles. The van der Waals surface area contributed by atoms with Crippen LogP contribution in [0.3, 0.4) is 0 Å². The van der Waals surface area contributed by atoms with E-state index in [9.17, 15) is 9.59 Å². The highest BCUT2D eigenvalue weighted by Crippen LogP contribution is 2.17. The first kappa shape index (κ1) is 14.3. The molecule has 6 heteroatoms. The van der Waals surface area contributed by atoms with Crippen LogP contribution in [0, 0.1) is 3.57 Å². The van der Waals surface area contributed by atoms with Crippen molar-refractivity contribution in [3.8, 4) is 0 Å². The minimum absolute atomic E-state index is 0.248. The summed E-state index contributed by atoms with van der Waals surface area (Å²) in [5, 5.41) is 5.30. The van der Waals surface area contributed by atoms with E-state index in [0.29, 0.717) is 0 Å². The predicted molar refractivity (Wildman–Crippen MR) is 79.2 cm³/mol. The first-order valence-corrected chi connectivity index (χ1v) is 6.69. The van der Waals surface area contributed by atoms with Crippen LogP contribution in [-0.4, -0.2) is 23.6 Å². The van der Waals surface area contributed by atoms with Crippen molar-refractivity contribution in [3.05, 3.63) is 27.8 Å². The number of halogens is 1. The van der Waals surface area contributed by atoms with Gasteiger partial charge in [-0.1, -0.05) is 12.1 Å². The number of thiol groups is 1. The van der Waals surface area contributed by atoms with Gasteiger partial charge >= 0.3 is 0 Å². The van der Waals surface area contributed by atoms with Crippen molar-refractivity contribution in [3.63, 3.8) is 0 Å². The molecule has 0 aromatic heterocycles. The van der Waals surface area contributed by atoms with E-state index in [1.807, 2.05) is 24.3 Å². The Balaban J connectivity index is 2.71. The van der Waals surface area contributed by atoms with Gasteiger partial charge in [0.15, 0.2) is 0 Å². The molecule has 2 amide bonds. The van der Waals surface area contributed by atoms with Crippen molar-refractivity contribution in [2.45, 2.75) is 13.0 Å². The summed E-state index contributed by atoms with van der Waals surface area (Å²) in [7, 11) is 0. The Morgan fingerprint density at radius 2 is 2.06 bits per heavy atom. The molecule has 1 atom stereocenters. The van der Waals surface area contributed by atoms with Gasteiger partial charge in [0.25, 0.3) is 0 Å². The van der Waals surface area contributed by atoms with Crippen LogP contribution in [0.5, 0.6) is 0 Å². The van der Waals surface area contributed by atoms with E-state index < -0.39 is 6.04 Å². The minimum atomic E-state index is -0.619. The van der Waals surface area contributed by atoms with Crippen LogP contribution in [-0.2, 0) is 9.59 Å². The molecule has 0 bridgehead atoms. The van der Waals surface area contributed by atoms with Gasteiger partial charge in [-0.15, -0.1) is 0 Å². The van der Waals surface area contributed by atoms with Gasteiger partial charge in [-0.3, -0.25) is 9.59 Å². The number of anilines is 1. The van der Waals surface area contributed by atoms with Crippen LogP contribution in [0.2, 0.25) is 0 Å². The Morgan fingerprint density at radius 1 is 1.41 bits per heavy atom. The van der Waals surface area contributed by atoms with Crippen LogP contribution in [0.4, 0.5) is 5.69 Å². The summed E-state index contributed by atoms with van der Waals surface area (Å²) >= 11 is 6.18. The molecule has 1 aromatic carbocycles. The van der Waals surface area contributed by atoms with Gasteiger partial charge in [0.2, 0.25) is 11.8 Å². The van der Waals surface area contributed by atoms with E-state index in [1.54, 1.807) is 0 Å². The van der Waals surface area contributed by atoms with Crippen LogP contribution >= 0.6 is 35.2 Å². The van der Waals surface area contributed by atoms with Gasteiger partial charge in [0, 0.05) is 16.2 Å². The first-order chi connectivity index (χ1) is 8.04. The number of benzene rings is 1. The SMILES string of the molecule is CC(=O)NC(CS)C(=O)Nc1ccccc1I. The fourth-order valence-corrected chi connectivity index (χ4v) is 2.00. The van der Waals surface area contributed by atoms with Crippen molar-refractivity contribution >= 4 is 52.7 Å². The summed E-state index contributed by atoms with van der Waals surface area (Å²) in [6, 6.07) is 6.81. The number of para-hydroxylation sites is 1. The summed E-state index contributed by atoms with van der Waals surface area (Å²) in [6.45, 7) is 1.37. The highest BCUT2D eigenvalue weighted by atomic mass is 127. The quantitative estimate of drug-likeness (QED) is 0.562. The third-order valence-electron chi connectivity index (χ3n) is 2.01. The van der Waals surface area contributed by atoms with Crippen LogP contribution in [0.25, 0.3) is 0 Å². The Hall–Kier alpha value is -0.760. The number of amides is 2. The molecule has 2 N–H and O–H groups in total. The fourth-order valence-electron chi connectivity index (χ4n) is 1.22. The average Bonchev–Trinajstić information content (AvgIpc) is 2.28. The van der Waals surface area contributed by atoms with E-state index >= 15 is 0 Å². The molecule has 0 aliphatic rings. The maximum atomic E-state index is 11.9.